The van der Waals surface area contributed by atoms with Gasteiger partial charge < -0.3 is 20.3 Å². The lowest BCUT2D eigenvalue weighted by molar-refractivity contribution is 0.0752. The van der Waals surface area contributed by atoms with Crippen LogP contribution in [0.1, 0.15) is 30.0 Å². The van der Waals surface area contributed by atoms with Gasteiger partial charge in [0.05, 0.1) is 31.1 Å². The van der Waals surface area contributed by atoms with Gasteiger partial charge >= 0.3 is 0 Å². The molecule has 0 aliphatic heterocycles. The lowest BCUT2D eigenvalue weighted by Crippen LogP contribution is -2.45. The molecule has 1 amide bonds. The van der Waals surface area contributed by atoms with Crippen LogP contribution >= 0.6 is 0 Å². The van der Waals surface area contributed by atoms with Crippen LogP contribution in [-0.4, -0.2) is 50.9 Å². The number of nitrogens with zero attached hydrogens (tertiary/aromatic N) is 2. The summed E-state index contributed by atoms with van der Waals surface area (Å²) in [5.74, 6) is 0.194. The second kappa shape index (κ2) is 6.76. The van der Waals surface area contributed by atoms with Gasteiger partial charge in [0.25, 0.3) is 5.91 Å². The number of carbonyl (C=O) groups excluding carboxylic acids is 1. The Labute approximate surface area is 128 Å². The predicted octanol–water partition coefficient (Wildman–Crippen LogP) is 0.513. The van der Waals surface area contributed by atoms with Crippen molar-refractivity contribution in [3.8, 4) is 5.75 Å². The first-order chi connectivity index (χ1) is 10.5. The number of aryl methyl sites for hydroxylation is 1. The van der Waals surface area contributed by atoms with Crippen LogP contribution in [0.3, 0.4) is 0 Å². The van der Waals surface area contributed by atoms with Crippen molar-refractivity contribution in [1.82, 2.24) is 14.7 Å². The molecule has 0 saturated heterocycles. The molecular weight excluding hydrogens is 286 g/mol. The molecule has 0 aliphatic carbocycles. The van der Waals surface area contributed by atoms with Gasteiger partial charge in [-0.2, -0.15) is 0 Å². The van der Waals surface area contributed by atoms with Crippen LogP contribution in [0.4, 0.5) is 0 Å². The second-order valence-electron chi connectivity index (χ2n) is 5.05. The molecule has 2 aromatic heterocycles. The quantitative estimate of drug-likeness (QED) is 0.723. The van der Waals surface area contributed by atoms with Gasteiger partial charge in [0.15, 0.2) is 11.4 Å². The Kier molecular flexibility index (Phi) is 4.99. The van der Waals surface area contributed by atoms with Crippen molar-refractivity contribution in [3.05, 3.63) is 29.7 Å². The molecule has 0 radical (unpaired) electrons. The summed E-state index contributed by atoms with van der Waals surface area (Å²) >= 11 is 0. The number of nitrogens with one attached hydrogen (secondary N) is 1. The Bertz CT molecular complexity index is 666. The fourth-order valence-corrected chi connectivity index (χ4v) is 2.25. The molecule has 0 saturated carbocycles. The van der Waals surface area contributed by atoms with E-state index in [2.05, 4.69) is 10.3 Å². The van der Waals surface area contributed by atoms with Crippen LogP contribution in [-0.2, 0) is 0 Å². The van der Waals surface area contributed by atoms with E-state index in [0.29, 0.717) is 29.4 Å². The molecule has 3 N–H and O–H groups in total. The molecule has 2 atom stereocenters. The van der Waals surface area contributed by atoms with E-state index in [1.54, 1.807) is 29.7 Å². The Hall–Kier alpha value is -2.12. The van der Waals surface area contributed by atoms with Crippen molar-refractivity contribution in [2.75, 3.05) is 13.2 Å². The van der Waals surface area contributed by atoms with E-state index < -0.39 is 18.1 Å². The highest BCUT2D eigenvalue weighted by molar-refractivity contribution is 5.95. The molecule has 2 rings (SSSR count). The molecule has 0 aromatic carbocycles. The Morgan fingerprint density at radius 1 is 1.55 bits per heavy atom. The predicted molar refractivity (Wildman–Crippen MR) is 81.1 cm³/mol. The zero-order valence-corrected chi connectivity index (χ0v) is 12.9. The largest absolute Gasteiger partial charge is 0.490 e. The highest BCUT2D eigenvalue weighted by Crippen LogP contribution is 2.22. The number of imidazole rings is 1. The Balaban J connectivity index is 2.41. The van der Waals surface area contributed by atoms with E-state index in [1.807, 2.05) is 6.92 Å². The van der Waals surface area contributed by atoms with Gasteiger partial charge in [0.1, 0.15) is 5.69 Å². The number of hydrogen-bond donors (Lipinski definition) is 3. The summed E-state index contributed by atoms with van der Waals surface area (Å²) in [6, 6.07) is 2.83. The molecule has 0 aliphatic rings. The second-order valence-corrected chi connectivity index (χ2v) is 5.05. The van der Waals surface area contributed by atoms with Gasteiger partial charge in [-0.05, 0) is 32.9 Å². The zero-order valence-electron chi connectivity index (χ0n) is 12.9. The number of aromatic nitrogens is 2. The molecule has 2 heterocycles. The van der Waals surface area contributed by atoms with E-state index in [4.69, 9.17) is 4.74 Å². The molecule has 0 bridgehead atoms. The first-order valence-corrected chi connectivity index (χ1v) is 7.19. The monoisotopic (exact) mass is 307 g/mol. The maximum Gasteiger partial charge on any atom is 0.270 e. The van der Waals surface area contributed by atoms with E-state index in [0.717, 1.165) is 0 Å². The van der Waals surface area contributed by atoms with Crippen molar-refractivity contribution >= 4 is 11.6 Å². The van der Waals surface area contributed by atoms with E-state index in [9.17, 15) is 15.0 Å². The van der Waals surface area contributed by atoms with E-state index in [1.165, 1.54) is 6.92 Å². The maximum atomic E-state index is 12.4. The molecule has 22 heavy (non-hydrogen) atoms. The smallest absolute Gasteiger partial charge is 0.270 e. The third-order valence-corrected chi connectivity index (χ3v) is 3.40. The number of fused-ring (bicyclic) bond motifs is 1. The average molecular weight is 307 g/mol. The van der Waals surface area contributed by atoms with E-state index in [-0.39, 0.29) is 6.61 Å². The van der Waals surface area contributed by atoms with Crippen LogP contribution < -0.4 is 10.1 Å². The van der Waals surface area contributed by atoms with Crippen LogP contribution in [0.5, 0.6) is 5.75 Å². The zero-order chi connectivity index (χ0) is 16.3. The minimum absolute atomic E-state index is 0.344. The molecule has 0 spiro atoms. The maximum absolute atomic E-state index is 12.4. The number of pyridine rings is 1. The van der Waals surface area contributed by atoms with Crippen LogP contribution in [0, 0.1) is 6.92 Å². The summed E-state index contributed by atoms with van der Waals surface area (Å²) in [7, 11) is 0. The molecule has 7 nitrogen and oxygen atoms in total. The molecule has 0 unspecified atom stereocenters. The van der Waals surface area contributed by atoms with Crippen molar-refractivity contribution in [3.63, 3.8) is 0 Å². The first kappa shape index (κ1) is 16.3. The van der Waals surface area contributed by atoms with E-state index >= 15 is 0 Å². The topological polar surface area (TPSA) is 96.1 Å². The van der Waals surface area contributed by atoms with Gasteiger partial charge in [-0.15, -0.1) is 0 Å². The fraction of sp³-hybridized carbons (Fsp3) is 0.467. The van der Waals surface area contributed by atoms with Crippen molar-refractivity contribution < 1.29 is 19.7 Å². The summed E-state index contributed by atoms with van der Waals surface area (Å²) in [6.07, 6.45) is 0.871. The standard InChI is InChI=1S/C15H21N3O4/c1-4-22-12-6-5-7-18-13(9(2)16-14(12)18)15(21)17-11(8-19)10(3)20/h5-7,10-11,19-20H,4,8H2,1-3H3,(H,17,21)/t10-,11-/m1/s1. The van der Waals surface area contributed by atoms with Gasteiger partial charge in [-0.1, -0.05) is 0 Å². The fourth-order valence-electron chi connectivity index (χ4n) is 2.25. The average Bonchev–Trinajstić information content (AvgIpc) is 2.81. The first-order valence-electron chi connectivity index (χ1n) is 7.19. The number of aliphatic hydroxyl groups excluding tert-OH is 2. The number of carbonyl (C=O) groups is 1. The minimum Gasteiger partial charge on any atom is -0.490 e. The summed E-state index contributed by atoms with van der Waals surface area (Å²) in [5.41, 5.74) is 1.46. The molecule has 0 fully saturated rings. The number of hydrogen-bond acceptors (Lipinski definition) is 5. The van der Waals surface area contributed by atoms with Crippen LogP contribution in [0.25, 0.3) is 5.65 Å². The lowest BCUT2D eigenvalue weighted by Gasteiger charge is -2.19. The molecule has 120 valence electrons. The van der Waals surface area contributed by atoms with Crippen LogP contribution in [0.15, 0.2) is 18.3 Å². The summed E-state index contributed by atoms with van der Waals surface area (Å²) < 4.78 is 7.16. The normalized spacial score (nSPS) is 13.9. The van der Waals surface area contributed by atoms with Gasteiger partial charge in [-0.25, -0.2) is 4.98 Å². The summed E-state index contributed by atoms with van der Waals surface area (Å²) in [6.45, 7) is 5.27. The van der Waals surface area contributed by atoms with Crippen molar-refractivity contribution in [2.45, 2.75) is 32.9 Å². The summed E-state index contributed by atoms with van der Waals surface area (Å²) in [4.78, 5) is 16.8. The van der Waals surface area contributed by atoms with Gasteiger partial charge in [0, 0.05) is 6.20 Å². The third-order valence-electron chi connectivity index (χ3n) is 3.40. The molecule has 7 heteroatoms. The number of rotatable bonds is 6. The van der Waals surface area contributed by atoms with Crippen molar-refractivity contribution in [1.29, 1.82) is 0 Å². The SMILES string of the molecule is CCOc1cccn2c(C(=O)N[C@H](CO)[C@@H](C)O)c(C)nc12. The number of aliphatic hydroxyl groups is 2. The van der Waals surface area contributed by atoms with Crippen molar-refractivity contribution in [2.24, 2.45) is 0 Å². The lowest BCUT2D eigenvalue weighted by atomic mass is 10.2. The molecule has 2 aromatic rings. The Morgan fingerprint density at radius 3 is 2.86 bits per heavy atom. The Morgan fingerprint density at radius 2 is 2.27 bits per heavy atom. The summed E-state index contributed by atoms with van der Waals surface area (Å²) in [5, 5.41) is 21.4. The highest BCUT2D eigenvalue weighted by Gasteiger charge is 2.23. The van der Waals surface area contributed by atoms with Gasteiger partial charge in [0.2, 0.25) is 0 Å². The highest BCUT2D eigenvalue weighted by atomic mass is 16.5. The minimum atomic E-state index is -0.854. The number of ether oxygens (including phenoxy) is 1. The van der Waals surface area contributed by atoms with Gasteiger partial charge in [-0.3, -0.25) is 9.20 Å². The third kappa shape index (κ3) is 3.05. The molecular formula is C15H21N3O4. The van der Waals surface area contributed by atoms with Crippen LogP contribution in [0.2, 0.25) is 0 Å². The number of amides is 1.